The molecule has 0 aliphatic heterocycles. The van der Waals surface area contributed by atoms with E-state index in [1.807, 2.05) is 0 Å². The third kappa shape index (κ3) is 2.19. The van der Waals surface area contributed by atoms with Crippen molar-refractivity contribution in [2.24, 2.45) is 5.92 Å². The molecule has 3 heteroatoms. The summed E-state index contributed by atoms with van der Waals surface area (Å²) >= 11 is 0. The Labute approximate surface area is 71.8 Å². The molecule has 1 aliphatic carbocycles. The van der Waals surface area contributed by atoms with Crippen molar-refractivity contribution in [2.45, 2.75) is 19.3 Å². The summed E-state index contributed by atoms with van der Waals surface area (Å²) in [5.41, 5.74) is 0. The largest absolute Gasteiger partial charge is 0.463 e. The second-order valence-electron chi connectivity index (χ2n) is 3.11. The molecule has 1 heterocycles. The van der Waals surface area contributed by atoms with E-state index in [1.165, 1.54) is 12.8 Å². The van der Waals surface area contributed by atoms with E-state index in [0.717, 1.165) is 18.9 Å². The Kier molecular flexibility index (Phi) is 2.21. The summed E-state index contributed by atoms with van der Waals surface area (Å²) in [4.78, 5) is 7.93. The van der Waals surface area contributed by atoms with Crippen LogP contribution in [0, 0.1) is 5.92 Å². The van der Waals surface area contributed by atoms with Crippen LogP contribution >= 0.6 is 0 Å². The van der Waals surface area contributed by atoms with Gasteiger partial charge in [-0.3, -0.25) is 0 Å². The maximum absolute atomic E-state index is 5.33. The van der Waals surface area contributed by atoms with Gasteiger partial charge in [0.1, 0.15) is 0 Å². The number of hydrogen-bond acceptors (Lipinski definition) is 3. The number of rotatable bonds is 4. The minimum atomic E-state index is 0.498. The molecule has 2 rings (SSSR count). The van der Waals surface area contributed by atoms with Gasteiger partial charge in [-0.05, 0) is 18.4 Å². The lowest BCUT2D eigenvalue weighted by Crippen LogP contribution is -2.00. The first-order valence-electron chi connectivity index (χ1n) is 4.35. The third-order valence-corrected chi connectivity index (χ3v) is 2.00. The predicted molar refractivity (Wildman–Crippen MR) is 44.9 cm³/mol. The maximum Gasteiger partial charge on any atom is 0.316 e. The molecular formula is C9H12N2O. The number of ether oxygens (including phenoxy) is 1. The van der Waals surface area contributed by atoms with Gasteiger partial charge in [-0.25, -0.2) is 9.97 Å². The summed E-state index contributed by atoms with van der Waals surface area (Å²) in [6, 6.07) is 2.28. The molecular weight excluding hydrogens is 152 g/mol. The lowest BCUT2D eigenvalue weighted by Gasteiger charge is -2.01. The topological polar surface area (TPSA) is 35.0 Å². The Bertz CT molecular complexity index is 234. The maximum atomic E-state index is 5.33. The molecule has 3 nitrogen and oxygen atoms in total. The summed E-state index contributed by atoms with van der Waals surface area (Å²) in [6.45, 7) is 0.759. The smallest absolute Gasteiger partial charge is 0.316 e. The molecule has 0 aromatic carbocycles. The molecule has 12 heavy (non-hydrogen) atoms. The zero-order valence-corrected chi connectivity index (χ0v) is 6.94. The van der Waals surface area contributed by atoms with E-state index in [0.29, 0.717) is 6.01 Å². The molecule has 0 N–H and O–H groups in total. The molecule has 0 amide bonds. The fourth-order valence-electron chi connectivity index (χ4n) is 1.08. The van der Waals surface area contributed by atoms with Crippen molar-refractivity contribution >= 4 is 0 Å². The molecule has 0 radical (unpaired) electrons. The molecule has 1 saturated carbocycles. The average Bonchev–Trinajstić information content (AvgIpc) is 2.90. The van der Waals surface area contributed by atoms with Gasteiger partial charge in [0.05, 0.1) is 6.61 Å². The summed E-state index contributed by atoms with van der Waals surface area (Å²) in [5, 5.41) is 0. The number of aromatic nitrogens is 2. The molecule has 1 aliphatic rings. The van der Waals surface area contributed by atoms with Crippen LogP contribution in [0.15, 0.2) is 18.5 Å². The first-order chi connectivity index (χ1) is 5.95. The van der Waals surface area contributed by atoms with E-state index < -0.39 is 0 Å². The molecule has 0 spiro atoms. The Morgan fingerprint density at radius 3 is 2.75 bits per heavy atom. The van der Waals surface area contributed by atoms with E-state index in [2.05, 4.69) is 9.97 Å². The quantitative estimate of drug-likeness (QED) is 0.678. The second kappa shape index (κ2) is 3.52. The summed E-state index contributed by atoms with van der Waals surface area (Å²) in [6.07, 6.45) is 7.29. The van der Waals surface area contributed by atoms with Crippen LogP contribution < -0.4 is 4.74 Å². The first-order valence-corrected chi connectivity index (χ1v) is 4.35. The summed E-state index contributed by atoms with van der Waals surface area (Å²) in [7, 11) is 0. The standard InChI is InChI=1S/C9H12N2O/c1-5-10-9(11-6-1)12-7-4-8-2-3-8/h1,5-6,8H,2-4,7H2. The fraction of sp³-hybridized carbons (Fsp3) is 0.556. The summed E-state index contributed by atoms with van der Waals surface area (Å²) < 4.78 is 5.33. The minimum Gasteiger partial charge on any atom is -0.463 e. The highest BCUT2D eigenvalue weighted by Crippen LogP contribution is 2.32. The molecule has 1 aromatic heterocycles. The first kappa shape index (κ1) is 7.53. The Morgan fingerprint density at radius 2 is 2.08 bits per heavy atom. The zero-order valence-electron chi connectivity index (χ0n) is 6.94. The van der Waals surface area contributed by atoms with Gasteiger partial charge in [0.15, 0.2) is 0 Å². The Balaban J connectivity index is 1.72. The minimum absolute atomic E-state index is 0.498. The van der Waals surface area contributed by atoms with Crippen molar-refractivity contribution in [3.63, 3.8) is 0 Å². The van der Waals surface area contributed by atoms with Gasteiger partial charge in [-0.1, -0.05) is 12.8 Å². The SMILES string of the molecule is c1cnc(OCCC2CC2)nc1. The van der Waals surface area contributed by atoms with Crippen LogP contribution in [0.4, 0.5) is 0 Å². The van der Waals surface area contributed by atoms with E-state index >= 15 is 0 Å². The van der Waals surface area contributed by atoms with Gasteiger partial charge in [0, 0.05) is 12.4 Å². The van der Waals surface area contributed by atoms with Crippen molar-refractivity contribution < 1.29 is 4.74 Å². The Hall–Kier alpha value is -1.12. The molecule has 1 aromatic rings. The monoisotopic (exact) mass is 164 g/mol. The average molecular weight is 164 g/mol. The third-order valence-electron chi connectivity index (χ3n) is 2.00. The van der Waals surface area contributed by atoms with Gasteiger partial charge >= 0.3 is 6.01 Å². The van der Waals surface area contributed by atoms with Crippen LogP contribution in [0.5, 0.6) is 6.01 Å². The van der Waals surface area contributed by atoms with E-state index in [1.54, 1.807) is 18.5 Å². The molecule has 0 saturated heterocycles. The van der Waals surface area contributed by atoms with Gasteiger partial charge in [-0.2, -0.15) is 0 Å². The molecule has 1 fully saturated rings. The van der Waals surface area contributed by atoms with Crippen LogP contribution in [0.1, 0.15) is 19.3 Å². The highest BCUT2D eigenvalue weighted by Gasteiger charge is 2.20. The Morgan fingerprint density at radius 1 is 1.33 bits per heavy atom. The van der Waals surface area contributed by atoms with Gasteiger partial charge in [0.25, 0.3) is 0 Å². The molecule has 0 bridgehead atoms. The second-order valence-corrected chi connectivity index (χ2v) is 3.11. The van der Waals surface area contributed by atoms with Crippen molar-refractivity contribution in [1.29, 1.82) is 0 Å². The predicted octanol–water partition coefficient (Wildman–Crippen LogP) is 1.66. The lowest BCUT2D eigenvalue weighted by molar-refractivity contribution is 0.279. The highest BCUT2D eigenvalue weighted by atomic mass is 16.5. The van der Waals surface area contributed by atoms with Crippen LogP contribution in [0.3, 0.4) is 0 Å². The van der Waals surface area contributed by atoms with Crippen molar-refractivity contribution in [1.82, 2.24) is 9.97 Å². The van der Waals surface area contributed by atoms with Crippen LogP contribution in [0.25, 0.3) is 0 Å². The summed E-state index contributed by atoms with van der Waals surface area (Å²) in [5.74, 6) is 0.911. The highest BCUT2D eigenvalue weighted by molar-refractivity contribution is 4.93. The van der Waals surface area contributed by atoms with E-state index in [9.17, 15) is 0 Å². The van der Waals surface area contributed by atoms with Crippen LogP contribution in [-0.4, -0.2) is 16.6 Å². The van der Waals surface area contributed by atoms with Crippen molar-refractivity contribution in [3.8, 4) is 6.01 Å². The molecule has 64 valence electrons. The van der Waals surface area contributed by atoms with Gasteiger partial charge in [0.2, 0.25) is 0 Å². The number of nitrogens with zero attached hydrogens (tertiary/aromatic N) is 2. The van der Waals surface area contributed by atoms with Gasteiger partial charge < -0.3 is 4.74 Å². The van der Waals surface area contributed by atoms with Crippen LogP contribution in [-0.2, 0) is 0 Å². The molecule has 0 atom stereocenters. The van der Waals surface area contributed by atoms with Gasteiger partial charge in [-0.15, -0.1) is 0 Å². The number of hydrogen-bond donors (Lipinski definition) is 0. The van der Waals surface area contributed by atoms with Crippen LogP contribution in [0.2, 0.25) is 0 Å². The normalized spacial score (nSPS) is 16.0. The lowest BCUT2D eigenvalue weighted by atomic mass is 10.3. The van der Waals surface area contributed by atoms with Crippen molar-refractivity contribution in [2.75, 3.05) is 6.61 Å². The fourth-order valence-corrected chi connectivity index (χ4v) is 1.08. The zero-order chi connectivity index (χ0) is 8.23. The van der Waals surface area contributed by atoms with Crippen molar-refractivity contribution in [3.05, 3.63) is 18.5 Å². The van der Waals surface area contributed by atoms with E-state index in [-0.39, 0.29) is 0 Å². The van der Waals surface area contributed by atoms with E-state index in [4.69, 9.17) is 4.74 Å². The molecule has 0 unspecified atom stereocenters.